The van der Waals surface area contributed by atoms with Crippen molar-refractivity contribution in [2.45, 2.75) is 49.8 Å². The maximum absolute atomic E-state index is 13.0. The Hall–Kier alpha value is -1.41. The third-order valence-electron chi connectivity index (χ3n) is 5.85. The lowest BCUT2D eigenvalue weighted by molar-refractivity contribution is -0.131. The van der Waals surface area contributed by atoms with Crippen LogP contribution in [0.4, 0.5) is 5.69 Å². The predicted octanol–water partition coefficient (Wildman–Crippen LogP) is 2.92. The molecule has 0 atom stereocenters. The molecule has 28 heavy (non-hydrogen) atoms. The molecule has 1 saturated carbocycles. The Bertz CT molecular complexity index is 905. The molecule has 1 aromatic carbocycles. The van der Waals surface area contributed by atoms with E-state index in [0.717, 1.165) is 57.2 Å². The average Bonchev–Trinajstić information content (AvgIpc) is 3.46. The third kappa shape index (κ3) is 3.99. The second-order valence-electron chi connectivity index (χ2n) is 7.94. The summed E-state index contributed by atoms with van der Waals surface area (Å²) in [5, 5.41) is 0. The molecule has 2 fully saturated rings. The van der Waals surface area contributed by atoms with E-state index in [1.807, 2.05) is 6.07 Å². The normalized spacial score (nSPS) is 19.6. The SMILES string of the molecule is O=C(CCS(=O)(=O)c1cc2c(cc1Br)CCN2C(=O)C1CC1)N1CCCCC1. The number of fused-ring (bicyclic) bond motifs is 1. The molecular formula is C20H25BrN2O4S. The zero-order valence-corrected chi connectivity index (χ0v) is 18.2. The molecule has 3 aliphatic rings. The summed E-state index contributed by atoms with van der Waals surface area (Å²) in [6.45, 7) is 2.05. The van der Waals surface area contributed by atoms with E-state index in [9.17, 15) is 18.0 Å². The van der Waals surface area contributed by atoms with E-state index in [2.05, 4.69) is 15.9 Å². The molecule has 2 amide bonds. The number of likely N-dealkylation sites (tertiary alicyclic amines) is 1. The maximum atomic E-state index is 13.0. The average molecular weight is 469 g/mol. The van der Waals surface area contributed by atoms with Crippen LogP contribution in [0.15, 0.2) is 21.5 Å². The molecule has 2 heterocycles. The molecule has 1 aliphatic carbocycles. The smallest absolute Gasteiger partial charge is 0.230 e. The Labute approximate surface area is 174 Å². The molecule has 4 rings (SSSR count). The van der Waals surface area contributed by atoms with E-state index >= 15 is 0 Å². The molecule has 0 aromatic heterocycles. The number of amides is 2. The molecule has 2 aliphatic heterocycles. The predicted molar refractivity (Wildman–Crippen MR) is 110 cm³/mol. The minimum Gasteiger partial charge on any atom is -0.343 e. The van der Waals surface area contributed by atoms with Gasteiger partial charge in [-0.25, -0.2) is 8.42 Å². The van der Waals surface area contributed by atoms with Gasteiger partial charge in [0.2, 0.25) is 11.8 Å². The minimum absolute atomic E-state index is 0.00340. The highest BCUT2D eigenvalue weighted by Crippen LogP contribution is 2.39. The zero-order valence-electron chi connectivity index (χ0n) is 15.8. The first-order valence-electron chi connectivity index (χ1n) is 10.0. The second kappa shape index (κ2) is 7.78. The van der Waals surface area contributed by atoms with Gasteiger partial charge in [-0.1, -0.05) is 0 Å². The number of hydrogen-bond donors (Lipinski definition) is 0. The number of hydrogen-bond acceptors (Lipinski definition) is 4. The first-order chi connectivity index (χ1) is 13.4. The number of carbonyl (C=O) groups is 2. The number of carbonyl (C=O) groups excluding carboxylic acids is 2. The summed E-state index contributed by atoms with van der Waals surface area (Å²) in [5.41, 5.74) is 1.70. The van der Waals surface area contributed by atoms with Gasteiger partial charge in [-0.15, -0.1) is 0 Å². The summed E-state index contributed by atoms with van der Waals surface area (Å²) in [6, 6.07) is 3.43. The maximum Gasteiger partial charge on any atom is 0.230 e. The fourth-order valence-electron chi connectivity index (χ4n) is 4.04. The van der Waals surface area contributed by atoms with Crippen LogP contribution in [0.1, 0.15) is 44.1 Å². The van der Waals surface area contributed by atoms with Crippen molar-refractivity contribution in [2.75, 3.05) is 30.3 Å². The van der Waals surface area contributed by atoms with Crippen LogP contribution in [0.3, 0.4) is 0 Å². The summed E-state index contributed by atoms with van der Waals surface area (Å²) >= 11 is 3.39. The first-order valence-corrected chi connectivity index (χ1v) is 12.5. The van der Waals surface area contributed by atoms with Crippen LogP contribution >= 0.6 is 15.9 Å². The first kappa shape index (κ1) is 19.9. The minimum atomic E-state index is -3.63. The molecule has 8 heteroatoms. The summed E-state index contributed by atoms with van der Waals surface area (Å²) < 4.78 is 26.4. The number of sulfone groups is 1. The van der Waals surface area contributed by atoms with Gasteiger partial charge in [-0.05, 0) is 72.2 Å². The highest BCUT2D eigenvalue weighted by Gasteiger charge is 2.37. The number of nitrogens with zero attached hydrogens (tertiary/aromatic N) is 2. The van der Waals surface area contributed by atoms with Crippen molar-refractivity contribution >= 4 is 43.3 Å². The van der Waals surface area contributed by atoms with Crippen molar-refractivity contribution in [1.82, 2.24) is 4.90 Å². The fourth-order valence-corrected chi connectivity index (χ4v) is 6.48. The Morgan fingerprint density at radius 2 is 1.79 bits per heavy atom. The molecule has 6 nitrogen and oxygen atoms in total. The van der Waals surface area contributed by atoms with Crippen LogP contribution in [0.5, 0.6) is 0 Å². The van der Waals surface area contributed by atoms with E-state index in [1.165, 1.54) is 0 Å². The van der Waals surface area contributed by atoms with Gasteiger partial charge in [0.1, 0.15) is 0 Å². The summed E-state index contributed by atoms with van der Waals surface area (Å²) in [5.74, 6) is -0.108. The third-order valence-corrected chi connectivity index (χ3v) is 8.52. The monoisotopic (exact) mass is 468 g/mol. The van der Waals surface area contributed by atoms with Crippen molar-refractivity contribution in [2.24, 2.45) is 5.92 Å². The van der Waals surface area contributed by atoms with Crippen molar-refractivity contribution in [3.63, 3.8) is 0 Å². The van der Waals surface area contributed by atoms with Crippen molar-refractivity contribution < 1.29 is 18.0 Å². The second-order valence-corrected chi connectivity index (χ2v) is 10.9. The van der Waals surface area contributed by atoms with Crippen LogP contribution in [0.25, 0.3) is 0 Å². The van der Waals surface area contributed by atoms with Gasteiger partial charge in [0, 0.05) is 42.1 Å². The van der Waals surface area contributed by atoms with E-state index in [0.29, 0.717) is 16.7 Å². The van der Waals surface area contributed by atoms with Crippen LogP contribution in [0, 0.1) is 5.92 Å². The Kier molecular flexibility index (Phi) is 5.53. The standard InChI is InChI=1S/C20H25BrN2O4S/c21-16-12-15-6-10-23(20(25)14-4-5-14)17(15)13-18(16)28(26,27)11-7-19(24)22-8-2-1-3-9-22/h12-14H,1-11H2. The van der Waals surface area contributed by atoms with Gasteiger partial charge in [-0.2, -0.15) is 0 Å². The van der Waals surface area contributed by atoms with Crippen LogP contribution < -0.4 is 4.90 Å². The van der Waals surface area contributed by atoms with Crippen molar-refractivity contribution in [3.05, 3.63) is 22.2 Å². The lowest BCUT2D eigenvalue weighted by Gasteiger charge is -2.26. The summed E-state index contributed by atoms with van der Waals surface area (Å²) in [6.07, 6.45) is 5.67. The lowest BCUT2D eigenvalue weighted by atomic mass is 10.1. The quantitative estimate of drug-likeness (QED) is 0.665. The molecule has 0 bridgehead atoms. The van der Waals surface area contributed by atoms with E-state index in [-0.39, 0.29) is 34.8 Å². The van der Waals surface area contributed by atoms with E-state index < -0.39 is 9.84 Å². The summed E-state index contributed by atoms with van der Waals surface area (Å²) in [4.78, 5) is 28.6. The molecule has 0 N–H and O–H groups in total. The molecule has 0 unspecified atom stereocenters. The largest absolute Gasteiger partial charge is 0.343 e. The fraction of sp³-hybridized carbons (Fsp3) is 0.600. The van der Waals surface area contributed by atoms with Gasteiger partial charge >= 0.3 is 0 Å². The van der Waals surface area contributed by atoms with Gasteiger partial charge < -0.3 is 9.80 Å². The highest BCUT2D eigenvalue weighted by molar-refractivity contribution is 9.10. The molecule has 0 spiro atoms. The van der Waals surface area contributed by atoms with Crippen LogP contribution in [0.2, 0.25) is 0 Å². The molecular weight excluding hydrogens is 444 g/mol. The van der Waals surface area contributed by atoms with Crippen molar-refractivity contribution in [3.8, 4) is 0 Å². The van der Waals surface area contributed by atoms with Gasteiger partial charge in [0.25, 0.3) is 0 Å². The molecule has 0 radical (unpaired) electrons. The highest BCUT2D eigenvalue weighted by atomic mass is 79.9. The van der Waals surface area contributed by atoms with Crippen LogP contribution in [-0.4, -0.2) is 50.5 Å². The Morgan fingerprint density at radius 1 is 1.07 bits per heavy atom. The number of rotatable bonds is 5. The number of anilines is 1. The topological polar surface area (TPSA) is 74.8 Å². The summed E-state index contributed by atoms with van der Waals surface area (Å²) in [7, 11) is -3.63. The lowest BCUT2D eigenvalue weighted by Crippen LogP contribution is -2.36. The van der Waals surface area contributed by atoms with E-state index in [4.69, 9.17) is 0 Å². The van der Waals surface area contributed by atoms with Gasteiger partial charge in [0.15, 0.2) is 9.84 Å². The van der Waals surface area contributed by atoms with Gasteiger partial charge in [0.05, 0.1) is 10.6 Å². The number of halogens is 1. The molecule has 1 saturated heterocycles. The van der Waals surface area contributed by atoms with Crippen molar-refractivity contribution in [1.29, 1.82) is 0 Å². The molecule has 152 valence electrons. The molecule has 1 aromatic rings. The Morgan fingerprint density at radius 3 is 2.46 bits per heavy atom. The van der Waals surface area contributed by atoms with Crippen LogP contribution in [-0.2, 0) is 25.8 Å². The van der Waals surface area contributed by atoms with Gasteiger partial charge in [-0.3, -0.25) is 9.59 Å². The zero-order chi connectivity index (χ0) is 19.9. The number of benzene rings is 1. The number of piperidine rings is 1. The Balaban J connectivity index is 1.51. The van der Waals surface area contributed by atoms with E-state index in [1.54, 1.807) is 15.9 Å².